The quantitative estimate of drug-likeness (QED) is 0.825. The van der Waals surface area contributed by atoms with E-state index in [1.807, 2.05) is 43.3 Å². The van der Waals surface area contributed by atoms with Gasteiger partial charge in [-0.25, -0.2) is 0 Å². The van der Waals surface area contributed by atoms with E-state index in [0.717, 1.165) is 37.4 Å². The summed E-state index contributed by atoms with van der Waals surface area (Å²) in [4.78, 5) is 16.6. The van der Waals surface area contributed by atoms with Gasteiger partial charge < -0.3 is 19.5 Å². The third kappa shape index (κ3) is 4.29. The Bertz CT molecular complexity index is 850. The fraction of sp³-hybridized carbons (Fsp3) is 0.409. The van der Waals surface area contributed by atoms with E-state index in [9.17, 15) is 9.90 Å². The van der Waals surface area contributed by atoms with Crippen molar-refractivity contribution in [2.45, 2.75) is 19.1 Å². The van der Waals surface area contributed by atoms with Crippen molar-refractivity contribution in [2.24, 2.45) is 0 Å². The maximum absolute atomic E-state index is 12.2. The normalized spacial score (nSPS) is 17.1. The van der Waals surface area contributed by atoms with Gasteiger partial charge in [-0.1, -0.05) is 24.3 Å². The highest BCUT2D eigenvalue weighted by Crippen LogP contribution is 2.32. The third-order valence-electron chi connectivity index (χ3n) is 5.41. The molecular formula is C22H28N2O4. The zero-order valence-electron chi connectivity index (χ0n) is 16.7. The van der Waals surface area contributed by atoms with E-state index >= 15 is 0 Å². The molecule has 0 spiro atoms. The van der Waals surface area contributed by atoms with E-state index in [-0.39, 0.29) is 11.5 Å². The Balaban J connectivity index is 1.67. The first-order valence-corrected chi connectivity index (χ1v) is 9.53. The minimum Gasteiger partial charge on any atom is -0.493 e. The number of rotatable bonds is 6. The minimum atomic E-state index is -0.643. The highest BCUT2D eigenvalue weighted by molar-refractivity contribution is 5.46. The van der Waals surface area contributed by atoms with Crippen molar-refractivity contribution in [3.63, 3.8) is 0 Å². The molecule has 2 aromatic rings. The van der Waals surface area contributed by atoms with Crippen molar-refractivity contribution >= 4 is 5.69 Å². The maximum atomic E-state index is 12.2. The number of piperazine rings is 1. The number of ether oxygens (including phenoxy) is 2. The lowest BCUT2D eigenvalue weighted by Crippen LogP contribution is -2.51. The van der Waals surface area contributed by atoms with Crippen molar-refractivity contribution in [1.82, 2.24) is 4.90 Å². The number of hydrogen-bond donors (Lipinski definition) is 1. The lowest BCUT2D eigenvalue weighted by atomic mass is 10.0. The third-order valence-corrected chi connectivity index (χ3v) is 5.41. The molecule has 1 heterocycles. The molecule has 0 unspecified atom stereocenters. The molecule has 1 N–H and O–H groups in total. The number of aliphatic hydroxyl groups excluding tert-OH is 1. The Morgan fingerprint density at radius 3 is 2.29 bits per heavy atom. The molecule has 0 aliphatic carbocycles. The molecule has 2 aromatic carbocycles. The first kappa shape index (κ1) is 20.2. The molecule has 3 rings (SSSR count). The second-order valence-electron chi connectivity index (χ2n) is 6.98. The van der Waals surface area contributed by atoms with Crippen molar-refractivity contribution < 1.29 is 14.6 Å². The fourth-order valence-corrected chi connectivity index (χ4v) is 3.67. The Hall–Kier alpha value is -2.57. The molecule has 0 radical (unpaired) electrons. The molecule has 1 aliphatic heterocycles. The summed E-state index contributed by atoms with van der Waals surface area (Å²) in [7, 11) is 3.18. The van der Waals surface area contributed by atoms with Crippen LogP contribution in [0.25, 0.3) is 0 Å². The predicted molar refractivity (Wildman–Crippen MR) is 110 cm³/mol. The smallest absolute Gasteiger partial charge is 0.201 e. The zero-order chi connectivity index (χ0) is 20.1. The summed E-state index contributed by atoms with van der Waals surface area (Å²) in [6, 6.07) is 14.5. The van der Waals surface area contributed by atoms with Crippen LogP contribution < -0.4 is 19.8 Å². The van der Waals surface area contributed by atoms with Gasteiger partial charge in [0.05, 0.1) is 26.0 Å². The monoisotopic (exact) mass is 384 g/mol. The molecule has 1 fully saturated rings. The number of methoxy groups -OCH3 is 2. The second kappa shape index (κ2) is 9.08. The molecular weight excluding hydrogens is 356 g/mol. The molecule has 0 amide bonds. The average Bonchev–Trinajstić information content (AvgIpc) is 2.96. The molecule has 0 aromatic heterocycles. The first-order valence-electron chi connectivity index (χ1n) is 9.53. The van der Waals surface area contributed by atoms with Crippen molar-refractivity contribution in [3.05, 3.63) is 64.3 Å². The van der Waals surface area contributed by atoms with E-state index in [4.69, 9.17) is 9.47 Å². The molecule has 28 heavy (non-hydrogen) atoms. The molecule has 0 bridgehead atoms. The van der Waals surface area contributed by atoms with Crippen LogP contribution in [0.2, 0.25) is 0 Å². The number of aliphatic hydroxyl groups is 1. The summed E-state index contributed by atoms with van der Waals surface area (Å²) < 4.78 is 10.6. The van der Waals surface area contributed by atoms with Crippen LogP contribution in [0, 0.1) is 0 Å². The van der Waals surface area contributed by atoms with Gasteiger partial charge in [-0.15, -0.1) is 0 Å². The highest BCUT2D eigenvalue weighted by atomic mass is 16.5. The molecule has 6 nitrogen and oxygen atoms in total. The van der Waals surface area contributed by atoms with Crippen LogP contribution in [0.4, 0.5) is 5.69 Å². The summed E-state index contributed by atoms with van der Waals surface area (Å²) >= 11 is 0. The van der Waals surface area contributed by atoms with E-state index in [0.29, 0.717) is 11.5 Å². The minimum absolute atomic E-state index is 0.0388. The Morgan fingerprint density at radius 1 is 0.929 bits per heavy atom. The summed E-state index contributed by atoms with van der Waals surface area (Å²) in [6.45, 7) is 5.09. The highest BCUT2D eigenvalue weighted by Gasteiger charge is 2.27. The van der Waals surface area contributed by atoms with E-state index < -0.39 is 6.10 Å². The van der Waals surface area contributed by atoms with Gasteiger partial charge in [0.25, 0.3) is 0 Å². The summed E-state index contributed by atoms with van der Waals surface area (Å²) in [5, 5.41) is 10.9. The van der Waals surface area contributed by atoms with Gasteiger partial charge >= 0.3 is 0 Å². The molecule has 6 heteroatoms. The van der Waals surface area contributed by atoms with Crippen molar-refractivity contribution in [2.75, 3.05) is 45.3 Å². The van der Waals surface area contributed by atoms with Gasteiger partial charge in [0.1, 0.15) is 0 Å². The number of benzene rings is 1. The average molecular weight is 384 g/mol. The SMILES string of the molecule is COc1ccc([C@H](O)[C@@H](C)N2CCN(c3cccccc3=O)CC2)cc1OC. The lowest BCUT2D eigenvalue weighted by molar-refractivity contribution is 0.0544. The van der Waals surface area contributed by atoms with Crippen LogP contribution in [0.1, 0.15) is 18.6 Å². The van der Waals surface area contributed by atoms with Gasteiger partial charge in [0, 0.05) is 32.2 Å². The molecule has 150 valence electrons. The van der Waals surface area contributed by atoms with Crippen molar-refractivity contribution in [3.8, 4) is 11.5 Å². The molecule has 2 atom stereocenters. The number of nitrogens with zero attached hydrogens (tertiary/aromatic N) is 2. The van der Waals surface area contributed by atoms with Crippen LogP contribution in [0.5, 0.6) is 11.5 Å². The Morgan fingerprint density at radius 2 is 1.61 bits per heavy atom. The maximum Gasteiger partial charge on any atom is 0.201 e. The van der Waals surface area contributed by atoms with Gasteiger partial charge in [-0.2, -0.15) is 0 Å². The largest absolute Gasteiger partial charge is 0.493 e. The first-order chi connectivity index (χ1) is 13.5. The van der Waals surface area contributed by atoms with Gasteiger partial charge in [-0.05, 0) is 36.8 Å². The Labute approximate surface area is 165 Å². The topological polar surface area (TPSA) is 62.2 Å². The molecule has 1 saturated heterocycles. The van der Waals surface area contributed by atoms with E-state index in [1.165, 1.54) is 0 Å². The second-order valence-corrected chi connectivity index (χ2v) is 6.98. The van der Waals surface area contributed by atoms with Crippen molar-refractivity contribution in [1.29, 1.82) is 0 Å². The Kier molecular flexibility index (Phi) is 6.54. The van der Waals surface area contributed by atoms with Crippen LogP contribution in [0.3, 0.4) is 0 Å². The van der Waals surface area contributed by atoms with E-state index in [1.54, 1.807) is 26.4 Å². The summed E-state index contributed by atoms with van der Waals surface area (Å²) in [5.41, 5.74) is 1.57. The summed E-state index contributed by atoms with van der Waals surface area (Å²) in [6.07, 6.45) is -0.643. The molecule has 0 saturated carbocycles. The number of hydrogen-bond acceptors (Lipinski definition) is 6. The number of anilines is 1. The zero-order valence-corrected chi connectivity index (χ0v) is 16.7. The van der Waals surface area contributed by atoms with Crippen LogP contribution >= 0.6 is 0 Å². The molecule has 1 aliphatic rings. The predicted octanol–water partition coefficient (Wildman–Crippen LogP) is 2.31. The lowest BCUT2D eigenvalue weighted by Gasteiger charge is -2.40. The van der Waals surface area contributed by atoms with Crippen LogP contribution in [0.15, 0.2) is 53.3 Å². The van der Waals surface area contributed by atoms with Crippen LogP contribution in [-0.4, -0.2) is 56.4 Å². The van der Waals surface area contributed by atoms with Gasteiger partial charge in [0.15, 0.2) is 11.5 Å². The van der Waals surface area contributed by atoms with Gasteiger partial charge in [0.2, 0.25) is 5.43 Å². The fourth-order valence-electron chi connectivity index (χ4n) is 3.67. The summed E-state index contributed by atoms with van der Waals surface area (Å²) in [5.74, 6) is 1.25. The van der Waals surface area contributed by atoms with E-state index in [2.05, 4.69) is 9.80 Å². The van der Waals surface area contributed by atoms with Crippen LogP contribution in [-0.2, 0) is 0 Å². The standard InChI is InChI=1S/C22H28N2O4/c1-16(22(26)17-9-10-20(27-2)21(15-17)28-3)23-11-13-24(14-12-23)18-7-5-4-6-8-19(18)25/h4-10,15-16,22,26H,11-14H2,1-3H3/t16-,22-/m1/s1. The van der Waals surface area contributed by atoms with Gasteiger partial charge in [-0.3, -0.25) is 9.69 Å².